The summed E-state index contributed by atoms with van der Waals surface area (Å²) >= 11 is 3.39. The second-order valence-electron chi connectivity index (χ2n) is 3.71. The average Bonchev–Trinajstić information content (AvgIpc) is 2.35. The van der Waals surface area contributed by atoms with Gasteiger partial charge in [-0.05, 0) is 43.7 Å². The summed E-state index contributed by atoms with van der Waals surface area (Å²) in [6.45, 7) is 2.56. The Kier molecular flexibility index (Phi) is 7.53. The molecule has 0 saturated heterocycles. The van der Waals surface area contributed by atoms with Gasteiger partial charge in [-0.15, -0.1) is 12.3 Å². The summed E-state index contributed by atoms with van der Waals surface area (Å²) in [5.74, 6) is 3.54. The summed E-state index contributed by atoms with van der Waals surface area (Å²) in [6, 6.07) is 7.86. The van der Waals surface area contributed by atoms with E-state index in [1.165, 1.54) is 0 Å². The fourth-order valence-electron chi connectivity index (χ4n) is 1.37. The number of halogens is 1. The van der Waals surface area contributed by atoms with Gasteiger partial charge >= 0.3 is 0 Å². The number of hydrogen-bond acceptors (Lipinski definition) is 2. The lowest BCUT2D eigenvalue weighted by Gasteiger charge is -2.07. The third-order valence-electron chi connectivity index (χ3n) is 2.29. The van der Waals surface area contributed by atoms with Crippen molar-refractivity contribution in [1.29, 1.82) is 0 Å². The number of hydrogen-bond donors (Lipinski definition) is 1. The summed E-state index contributed by atoms with van der Waals surface area (Å²) in [4.78, 5) is 0. The molecule has 0 aliphatic rings. The number of unbranched alkanes of at least 4 members (excludes halogenated alkanes) is 2. The Morgan fingerprint density at radius 1 is 1.18 bits per heavy atom. The standard InChI is InChI=1S/C14H18BrNO/c1-2-3-4-5-10-16-11-12-17-14-8-6-13(15)7-9-14/h1,6-9,16H,3-5,10-12H2. The summed E-state index contributed by atoms with van der Waals surface area (Å²) in [5, 5.41) is 3.32. The molecule has 0 fully saturated rings. The van der Waals surface area contributed by atoms with Gasteiger partial charge in [0.25, 0.3) is 0 Å². The van der Waals surface area contributed by atoms with E-state index in [1.807, 2.05) is 24.3 Å². The van der Waals surface area contributed by atoms with E-state index < -0.39 is 0 Å². The summed E-state index contributed by atoms with van der Waals surface area (Å²) in [7, 11) is 0. The molecule has 0 aromatic heterocycles. The van der Waals surface area contributed by atoms with E-state index in [0.717, 1.165) is 42.6 Å². The lowest BCUT2D eigenvalue weighted by atomic mass is 10.2. The molecular weight excluding hydrogens is 278 g/mol. The van der Waals surface area contributed by atoms with Gasteiger partial charge in [0.15, 0.2) is 0 Å². The fraction of sp³-hybridized carbons (Fsp3) is 0.429. The molecule has 2 nitrogen and oxygen atoms in total. The minimum Gasteiger partial charge on any atom is -0.492 e. The number of ether oxygens (including phenoxy) is 1. The molecule has 0 amide bonds. The van der Waals surface area contributed by atoms with Crippen LogP contribution in [0.5, 0.6) is 5.75 Å². The van der Waals surface area contributed by atoms with E-state index in [4.69, 9.17) is 11.2 Å². The highest BCUT2D eigenvalue weighted by Gasteiger charge is 1.93. The first-order chi connectivity index (χ1) is 8.33. The zero-order valence-electron chi connectivity index (χ0n) is 9.92. The normalized spacial score (nSPS) is 9.88. The molecule has 1 N–H and O–H groups in total. The molecule has 0 saturated carbocycles. The van der Waals surface area contributed by atoms with Gasteiger partial charge in [0.05, 0.1) is 0 Å². The van der Waals surface area contributed by atoms with Gasteiger partial charge in [-0.1, -0.05) is 15.9 Å². The van der Waals surface area contributed by atoms with Crippen LogP contribution in [0, 0.1) is 12.3 Å². The molecule has 1 rings (SSSR count). The Labute approximate surface area is 112 Å². The summed E-state index contributed by atoms with van der Waals surface area (Å²) in [6.07, 6.45) is 8.27. The average molecular weight is 296 g/mol. The molecule has 0 radical (unpaired) electrons. The largest absolute Gasteiger partial charge is 0.492 e. The summed E-state index contributed by atoms with van der Waals surface area (Å²) in [5.41, 5.74) is 0. The number of terminal acetylenes is 1. The molecule has 1 aromatic rings. The Bertz CT molecular complexity index is 342. The van der Waals surface area contributed by atoms with Gasteiger partial charge in [0.2, 0.25) is 0 Å². The topological polar surface area (TPSA) is 21.3 Å². The van der Waals surface area contributed by atoms with Crippen LogP contribution < -0.4 is 10.1 Å². The smallest absolute Gasteiger partial charge is 0.119 e. The van der Waals surface area contributed by atoms with Crippen LogP contribution in [0.3, 0.4) is 0 Å². The second-order valence-corrected chi connectivity index (χ2v) is 4.63. The van der Waals surface area contributed by atoms with Gasteiger partial charge in [0, 0.05) is 17.4 Å². The van der Waals surface area contributed by atoms with Crippen molar-refractivity contribution in [2.24, 2.45) is 0 Å². The van der Waals surface area contributed by atoms with Crippen LogP contribution in [0.4, 0.5) is 0 Å². The van der Waals surface area contributed by atoms with E-state index in [-0.39, 0.29) is 0 Å². The maximum Gasteiger partial charge on any atom is 0.119 e. The quantitative estimate of drug-likeness (QED) is 0.587. The van der Waals surface area contributed by atoms with Crippen LogP contribution in [0.15, 0.2) is 28.7 Å². The first kappa shape index (κ1) is 14.1. The second kappa shape index (κ2) is 9.09. The van der Waals surface area contributed by atoms with Crippen LogP contribution in [0.2, 0.25) is 0 Å². The van der Waals surface area contributed by atoms with E-state index in [0.29, 0.717) is 6.61 Å². The highest BCUT2D eigenvalue weighted by atomic mass is 79.9. The van der Waals surface area contributed by atoms with Crippen molar-refractivity contribution in [3.05, 3.63) is 28.7 Å². The molecule has 0 atom stereocenters. The highest BCUT2D eigenvalue weighted by molar-refractivity contribution is 9.10. The molecule has 0 spiro atoms. The third-order valence-corrected chi connectivity index (χ3v) is 2.81. The van der Waals surface area contributed by atoms with Gasteiger partial charge in [-0.2, -0.15) is 0 Å². The van der Waals surface area contributed by atoms with Crippen LogP contribution in [-0.2, 0) is 0 Å². The zero-order chi connectivity index (χ0) is 12.3. The minimum absolute atomic E-state index is 0.691. The number of rotatable bonds is 8. The van der Waals surface area contributed by atoms with Gasteiger partial charge in [-0.3, -0.25) is 0 Å². The Balaban J connectivity index is 1.97. The molecule has 0 unspecified atom stereocenters. The maximum atomic E-state index is 5.57. The third kappa shape index (κ3) is 7.04. The molecule has 3 heteroatoms. The monoisotopic (exact) mass is 295 g/mol. The van der Waals surface area contributed by atoms with E-state index in [9.17, 15) is 0 Å². The van der Waals surface area contributed by atoms with Crippen molar-refractivity contribution in [3.63, 3.8) is 0 Å². The molecule has 0 bridgehead atoms. The van der Waals surface area contributed by atoms with Gasteiger partial charge in [-0.25, -0.2) is 0 Å². The Morgan fingerprint density at radius 3 is 2.65 bits per heavy atom. The predicted molar refractivity (Wildman–Crippen MR) is 75.2 cm³/mol. The van der Waals surface area contributed by atoms with Crippen molar-refractivity contribution < 1.29 is 4.74 Å². The summed E-state index contributed by atoms with van der Waals surface area (Å²) < 4.78 is 6.64. The highest BCUT2D eigenvalue weighted by Crippen LogP contribution is 2.15. The lowest BCUT2D eigenvalue weighted by molar-refractivity contribution is 0.313. The molecule has 17 heavy (non-hydrogen) atoms. The zero-order valence-corrected chi connectivity index (χ0v) is 11.5. The van der Waals surface area contributed by atoms with E-state index in [2.05, 4.69) is 27.2 Å². The first-order valence-electron chi connectivity index (χ1n) is 5.85. The fourth-order valence-corrected chi connectivity index (χ4v) is 1.64. The van der Waals surface area contributed by atoms with Crippen LogP contribution in [-0.4, -0.2) is 19.7 Å². The van der Waals surface area contributed by atoms with Crippen LogP contribution in [0.25, 0.3) is 0 Å². The van der Waals surface area contributed by atoms with Gasteiger partial charge < -0.3 is 10.1 Å². The lowest BCUT2D eigenvalue weighted by Crippen LogP contribution is -2.22. The minimum atomic E-state index is 0.691. The van der Waals surface area contributed by atoms with Gasteiger partial charge in [0.1, 0.15) is 12.4 Å². The van der Waals surface area contributed by atoms with Crippen molar-refractivity contribution in [2.45, 2.75) is 19.3 Å². The first-order valence-corrected chi connectivity index (χ1v) is 6.65. The molecule has 1 aromatic carbocycles. The van der Waals surface area contributed by atoms with E-state index >= 15 is 0 Å². The van der Waals surface area contributed by atoms with Crippen LogP contribution >= 0.6 is 15.9 Å². The molecule has 92 valence electrons. The number of nitrogens with one attached hydrogen (secondary N) is 1. The molecule has 0 aliphatic carbocycles. The van der Waals surface area contributed by atoms with Crippen molar-refractivity contribution >= 4 is 15.9 Å². The predicted octanol–water partition coefficient (Wildman–Crippen LogP) is 3.22. The SMILES string of the molecule is C#CCCCCNCCOc1ccc(Br)cc1. The Morgan fingerprint density at radius 2 is 1.94 bits per heavy atom. The molecular formula is C14H18BrNO. The maximum absolute atomic E-state index is 5.57. The molecule has 0 heterocycles. The van der Waals surface area contributed by atoms with Crippen molar-refractivity contribution in [1.82, 2.24) is 5.32 Å². The Hall–Kier alpha value is -0.980. The van der Waals surface area contributed by atoms with Crippen molar-refractivity contribution in [2.75, 3.05) is 19.7 Å². The number of benzene rings is 1. The van der Waals surface area contributed by atoms with Crippen molar-refractivity contribution in [3.8, 4) is 18.1 Å². The van der Waals surface area contributed by atoms with Crippen LogP contribution in [0.1, 0.15) is 19.3 Å². The molecule has 0 aliphatic heterocycles. The van der Waals surface area contributed by atoms with E-state index in [1.54, 1.807) is 0 Å².